The summed E-state index contributed by atoms with van der Waals surface area (Å²) in [7, 11) is 3.37. The molecule has 2 rings (SSSR count). The number of nitrogens with one attached hydrogen (secondary N) is 2. The van der Waals surface area contributed by atoms with Crippen LogP contribution in [0.3, 0.4) is 0 Å². The predicted octanol–water partition coefficient (Wildman–Crippen LogP) is 4.46. The molecule has 0 aliphatic rings. The minimum Gasteiger partial charge on any atom is -0.492 e. The van der Waals surface area contributed by atoms with Crippen LogP contribution in [0.15, 0.2) is 46.9 Å². The van der Waals surface area contributed by atoms with Crippen molar-refractivity contribution < 1.29 is 14.3 Å². The van der Waals surface area contributed by atoms with Crippen LogP contribution in [0.25, 0.3) is 0 Å². The lowest BCUT2D eigenvalue weighted by Crippen LogP contribution is -2.34. The normalized spacial score (nSPS) is 10.2. The molecule has 6 nitrogen and oxygen atoms in total. The number of anilines is 1. The van der Waals surface area contributed by atoms with Crippen molar-refractivity contribution in [2.45, 2.75) is 19.8 Å². The molecule has 0 atom stereocenters. The van der Waals surface area contributed by atoms with Crippen LogP contribution < -0.4 is 15.4 Å². The Labute approximate surface area is 184 Å². The third-order valence-corrected chi connectivity index (χ3v) is 4.77. The summed E-state index contributed by atoms with van der Waals surface area (Å²) in [4.78, 5) is 26.0. The number of rotatable bonds is 7. The summed E-state index contributed by atoms with van der Waals surface area (Å²) in [5.41, 5.74) is 1.58. The molecule has 0 radical (unpaired) electrons. The maximum atomic E-state index is 12.5. The van der Waals surface area contributed by atoms with Gasteiger partial charge < -0.3 is 15.0 Å². The molecule has 0 aliphatic heterocycles. The molecule has 0 saturated carbocycles. The van der Waals surface area contributed by atoms with Crippen molar-refractivity contribution in [2.24, 2.45) is 0 Å². The zero-order valence-electron chi connectivity index (χ0n) is 16.6. The number of unbranched alkanes of at least 4 members (excludes halogenated alkanes) is 1. The highest BCUT2D eigenvalue weighted by Gasteiger charge is 2.12. The van der Waals surface area contributed by atoms with Crippen molar-refractivity contribution in [3.05, 3.63) is 58.1 Å². The lowest BCUT2D eigenvalue weighted by molar-refractivity contribution is 0.0827. The van der Waals surface area contributed by atoms with Crippen LogP contribution in [-0.4, -0.2) is 42.5 Å². The number of amides is 2. The first-order chi connectivity index (χ1) is 13.8. The number of carbonyl (C=O) groups excluding carboxylic acids is 2. The first kappa shape index (κ1) is 22.8. The number of ether oxygens (including phenoxy) is 1. The van der Waals surface area contributed by atoms with Gasteiger partial charge in [-0.25, -0.2) is 0 Å². The third kappa shape index (κ3) is 6.83. The van der Waals surface area contributed by atoms with Crippen molar-refractivity contribution in [3.8, 4) is 5.75 Å². The van der Waals surface area contributed by atoms with Gasteiger partial charge >= 0.3 is 0 Å². The van der Waals surface area contributed by atoms with Crippen molar-refractivity contribution in [1.29, 1.82) is 0 Å². The van der Waals surface area contributed by atoms with E-state index >= 15 is 0 Å². The Morgan fingerprint density at radius 3 is 2.55 bits per heavy atom. The Morgan fingerprint density at radius 2 is 1.90 bits per heavy atom. The minimum atomic E-state index is -0.344. The van der Waals surface area contributed by atoms with Crippen LogP contribution >= 0.6 is 28.1 Å². The smallest absolute Gasteiger partial charge is 0.257 e. The summed E-state index contributed by atoms with van der Waals surface area (Å²) in [6.07, 6.45) is 2.02. The average molecular weight is 478 g/mol. The molecular weight excluding hydrogens is 454 g/mol. The SMILES string of the molecule is CCCCOc1ccc(C(=O)NC(=S)Nc2cccc(C(=O)N(C)C)c2)cc1Br. The van der Waals surface area contributed by atoms with Crippen LogP contribution in [-0.2, 0) is 0 Å². The van der Waals surface area contributed by atoms with E-state index in [4.69, 9.17) is 17.0 Å². The number of hydrogen-bond acceptors (Lipinski definition) is 4. The quantitative estimate of drug-likeness (QED) is 0.455. The summed E-state index contributed by atoms with van der Waals surface area (Å²) < 4.78 is 6.38. The number of thiocarbonyl (C=S) groups is 1. The van der Waals surface area contributed by atoms with E-state index < -0.39 is 0 Å². The van der Waals surface area contributed by atoms with Gasteiger partial charge in [0.25, 0.3) is 11.8 Å². The van der Waals surface area contributed by atoms with Gasteiger partial charge in [-0.05, 0) is 71.0 Å². The molecule has 0 spiro atoms. The fourth-order valence-corrected chi connectivity index (χ4v) is 3.12. The van der Waals surface area contributed by atoms with Crippen molar-refractivity contribution in [3.63, 3.8) is 0 Å². The molecule has 2 N–H and O–H groups in total. The molecule has 0 aliphatic carbocycles. The van der Waals surface area contributed by atoms with E-state index in [9.17, 15) is 9.59 Å². The van der Waals surface area contributed by atoms with Crippen LogP contribution in [0.4, 0.5) is 5.69 Å². The Bertz CT molecular complexity index is 902. The Kier molecular flexibility index (Phi) is 8.60. The van der Waals surface area contributed by atoms with Crippen LogP contribution in [0.5, 0.6) is 5.75 Å². The maximum Gasteiger partial charge on any atom is 0.257 e. The van der Waals surface area contributed by atoms with Crippen molar-refractivity contribution in [2.75, 3.05) is 26.0 Å². The number of hydrogen-bond donors (Lipinski definition) is 2. The topological polar surface area (TPSA) is 70.7 Å². The molecule has 29 heavy (non-hydrogen) atoms. The van der Waals surface area contributed by atoms with E-state index in [0.717, 1.165) is 12.8 Å². The van der Waals surface area contributed by atoms with Gasteiger partial charge in [0.2, 0.25) is 0 Å². The molecule has 2 aromatic rings. The molecule has 2 amide bonds. The summed E-state index contributed by atoms with van der Waals surface area (Å²) in [5, 5.41) is 5.71. The molecule has 154 valence electrons. The Morgan fingerprint density at radius 1 is 1.14 bits per heavy atom. The Balaban J connectivity index is 1.99. The van der Waals surface area contributed by atoms with Gasteiger partial charge in [0.05, 0.1) is 11.1 Å². The fourth-order valence-electron chi connectivity index (χ4n) is 2.41. The van der Waals surface area contributed by atoms with Crippen LogP contribution in [0.1, 0.15) is 40.5 Å². The molecular formula is C21H24BrN3O3S. The molecule has 0 fully saturated rings. The second kappa shape index (κ2) is 10.9. The zero-order valence-corrected chi connectivity index (χ0v) is 19.0. The Hall–Kier alpha value is -2.45. The molecule has 0 unspecified atom stereocenters. The van der Waals surface area contributed by atoms with E-state index in [1.165, 1.54) is 4.90 Å². The molecule has 0 saturated heterocycles. The summed E-state index contributed by atoms with van der Waals surface area (Å²) in [6, 6.07) is 12.0. The lowest BCUT2D eigenvalue weighted by atomic mass is 10.2. The summed E-state index contributed by atoms with van der Waals surface area (Å²) in [5.74, 6) is 0.233. The highest BCUT2D eigenvalue weighted by atomic mass is 79.9. The molecule has 2 aromatic carbocycles. The van der Waals surface area contributed by atoms with Gasteiger partial charge in [-0.3, -0.25) is 14.9 Å². The van der Waals surface area contributed by atoms with Gasteiger partial charge in [-0.1, -0.05) is 19.4 Å². The number of halogens is 1. The van der Waals surface area contributed by atoms with Crippen molar-refractivity contribution >= 4 is 50.8 Å². The van der Waals surface area contributed by atoms with Crippen LogP contribution in [0, 0.1) is 0 Å². The van der Waals surface area contributed by atoms with Gasteiger partial charge in [0.15, 0.2) is 5.11 Å². The van der Waals surface area contributed by atoms with E-state index in [0.29, 0.717) is 33.6 Å². The fraction of sp³-hybridized carbons (Fsp3) is 0.286. The van der Waals surface area contributed by atoms with Crippen LogP contribution in [0.2, 0.25) is 0 Å². The summed E-state index contributed by atoms with van der Waals surface area (Å²) in [6.45, 7) is 2.73. The van der Waals surface area contributed by atoms with E-state index in [2.05, 4.69) is 33.5 Å². The van der Waals surface area contributed by atoms with Gasteiger partial charge in [-0.2, -0.15) is 0 Å². The molecule has 8 heteroatoms. The summed E-state index contributed by atoms with van der Waals surface area (Å²) >= 11 is 8.66. The van der Waals surface area contributed by atoms with E-state index in [1.54, 1.807) is 56.6 Å². The minimum absolute atomic E-state index is 0.116. The number of carbonyl (C=O) groups is 2. The average Bonchev–Trinajstić information content (AvgIpc) is 2.68. The zero-order chi connectivity index (χ0) is 21.4. The number of nitrogens with zero attached hydrogens (tertiary/aromatic N) is 1. The predicted molar refractivity (Wildman–Crippen MR) is 123 cm³/mol. The number of benzene rings is 2. The van der Waals surface area contributed by atoms with Crippen molar-refractivity contribution in [1.82, 2.24) is 10.2 Å². The molecule has 0 aromatic heterocycles. The van der Waals surface area contributed by atoms with Gasteiger partial charge in [-0.15, -0.1) is 0 Å². The van der Waals surface area contributed by atoms with E-state index in [-0.39, 0.29) is 16.9 Å². The molecule has 0 bridgehead atoms. The molecule has 0 heterocycles. The van der Waals surface area contributed by atoms with E-state index in [1.807, 2.05) is 0 Å². The first-order valence-corrected chi connectivity index (χ1v) is 10.4. The maximum absolute atomic E-state index is 12.5. The lowest BCUT2D eigenvalue weighted by Gasteiger charge is -2.13. The largest absolute Gasteiger partial charge is 0.492 e. The third-order valence-electron chi connectivity index (χ3n) is 3.95. The van der Waals surface area contributed by atoms with Gasteiger partial charge in [0, 0.05) is 30.9 Å². The van der Waals surface area contributed by atoms with Gasteiger partial charge in [0.1, 0.15) is 5.75 Å². The highest BCUT2D eigenvalue weighted by molar-refractivity contribution is 9.10. The second-order valence-corrected chi connectivity index (χ2v) is 7.80. The monoisotopic (exact) mass is 477 g/mol. The highest BCUT2D eigenvalue weighted by Crippen LogP contribution is 2.26. The standard InChI is InChI=1S/C21H24BrN3O3S/c1-4-5-11-28-18-10-9-14(13-17(18)22)19(26)24-21(29)23-16-8-6-7-15(12-16)20(27)25(2)3/h6-10,12-13H,4-5,11H2,1-3H3,(H2,23,24,26,29). The first-order valence-electron chi connectivity index (χ1n) is 9.18. The second-order valence-electron chi connectivity index (χ2n) is 6.54.